The molecule has 0 saturated carbocycles. The molecule has 3 aromatic rings. The van der Waals surface area contributed by atoms with Crippen LogP contribution in [-0.4, -0.2) is 29.9 Å². The van der Waals surface area contributed by atoms with Gasteiger partial charge in [-0.05, 0) is 46.0 Å². The molecule has 0 aromatic heterocycles. The molecular weight excluding hydrogens is 338 g/mol. The lowest BCUT2D eigenvalue weighted by Gasteiger charge is -2.24. The van der Waals surface area contributed by atoms with E-state index in [4.69, 9.17) is 4.74 Å². The molecule has 1 aliphatic heterocycles. The monoisotopic (exact) mass is 359 g/mol. The van der Waals surface area contributed by atoms with Gasteiger partial charge in [0.25, 0.3) is 5.91 Å². The molecule has 27 heavy (non-hydrogen) atoms. The minimum absolute atomic E-state index is 0.107. The molecule has 0 fully saturated rings. The van der Waals surface area contributed by atoms with Gasteiger partial charge in [0, 0.05) is 12.1 Å². The second-order valence-electron chi connectivity index (χ2n) is 6.81. The first-order chi connectivity index (χ1) is 13.1. The minimum atomic E-state index is -0.543. The van der Waals surface area contributed by atoms with Crippen LogP contribution in [0.5, 0.6) is 0 Å². The summed E-state index contributed by atoms with van der Waals surface area (Å²) >= 11 is 0. The van der Waals surface area contributed by atoms with Gasteiger partial charge in [0.1, 0.15) is 6.04 Å². The molecule has 0 saturated heterocycles. The summed E-state index contributed by atoms with van der Waals surface area (Å²) in [6.07, 6.45) is 0.532. The number of benzene rings is 3. The summed E-state index contributed by atoms with van der Waals surface area (Å²) in [6.45, 7) is 2.33. The number of hydrogen-bond donors (Lipinski definition) is 0. The van der Waals surface area contributed by atoms with Gasteiger partial charge in [-0.3, -0.25) is 4.79 Å². The maximum Gasteiger partial charge on any atom is 0.328 e. The number of ether oxygens (including phenoxy) is 1. The Balaban J connectivity index is 1.69. The average Bonchev–Trinajstić information content (AvgIpc) is 3.04. The zero-order valence-electron chi connectivity index (χ0n) is 15.4. The van der Waals surface area contributed by atoms with Crippen molar-refractivity contribution in [2.24, 2.45) is 0 Å². The van der Waals surface area contributed by atoms with E-state index in [-0.39, 0.29) is 11.9 Å². The number of methoxy groups -OCH3 is 1. The van der Waals surface area contributed by atoms with Crippen LogP contribution >= 0.6 is 0 Å². The van der Waals surface area contributed by atoms with Crippen LogP contribution in [0.15, 0.2) is 60.7 Å². The number of hydrogen-bond acceptors (Lipinski definition) is 3. The first-order valence-corrected chi connectivity index (χ1v) is 9.13. The molecule has 4 heteroatoms. The first-order valence-electron chi connectivity index (χ1n) is 9.13. The third-order valence-corrected chi connectivity index (χ3v) is 5.26. The van der Waals surface area contributed by atoms with Gasteiger partial charge in [0.2, 0.25) is 0 Å². The fourth-order valence-electron chi connectivity index (χ4n) is 3.77. The Morgan fingerprint density at radius 1 is 1.04 bits per heavy atom. The Morgan fingerprint density at radius 2 is 1.74 bits per heavy atom. The third-order valence-electron chi connectivity index (χ3n) is 5.26. The molecule has 0 radical (unpaired) electrons. The number of carbonyl (C=O) groups excluding carboxylic acids is 2. The van der Waals surface area contributed by atoms with E-state index in [1.54, 1.807) is 4.90 Å². The van der Waals surface area contributed by atoms with E-state index in [2.05, 4.69) is 30.3 Å². The van der Waals surface area contributed by atoms with Crippen molar-refractivity contribution >= 4 is 22.6 Å². The van der Waals surface area contributed by atoms with E-state index in [1.807, 2.05) is 37.3 Å². The quantitative estimate of drug-likeness (QED) is 0.648. The molecule has 4 rings (SSSR count). The Morgan fingerprint density at radius 3 is 2.48 bits per heavy atom. The van der Waals surface area contributed by atoms with Crippen LogP contribution in [0.2, 0.25) is 0 Å². The highest BCUT2D eigenvalue weighted by Crippen LogP contribution is 2.31. The van der Waals surface area contributed by atoms with Crippen LogP contribution in [0.4, 0.5) is 0 Å². The normalized spacial score (nSPS) is 14.3. The minimum Gasteiger partial charge on any atom is -0.467 e. The summed E-state index contributed by atoms with van der Waals surface area (Å²) in [5.41, 5.74) is 3.69. The number of amides is 1. The SMILES string of the molecule is CCC(C(=O)OC)N1Cc2ccc(-c3ccc4ccccc4c3)cc2C1=O. The van der Waals surface area contributed by atoms with E-state index in [0.717, 1.165) is 16.7 Å². The van der Waals surface area contributed by atoms with Crippen molar-refractivity contribution in [3.05, 3.63) is 71.8 Å². The van der Waals surface area contributed by atoms with Crippen LogP contribution in [0.1, 0.15) is 29.3 Å². The topological polar surface area (TPSA) is 46.6 Å². The number of nitrogens with zero attached hydrogens (tertiary/aromatic N) is 1. The lowest BCUT2D eigenvalue weighted by molar-refractivity contribution is -0.146. The second-order valence-corrected chi connectivity index (χ2v) is 6.81. The fraction of sp³-hybridized carbons (Fsp3) is 0.217. The Kier molecular flexibility index (Phi) is 4.40. The van der Waals surface area contributed by atoms with Gasteiger partial charge in [0.15, 0.2) is 0 Å². The van der Waals surface area contributed by atoms with E-state index in [9.17, 15) is 9.59 Å². The first kappa shape index (κ1) is 17.3. The average molecular weight is 359 g/mol. The van der Waals surface area contributed by atoms with E-state index in [1.165, 1.54) is 17.9 Å². The second kappa shape index (κ2) is 6.88. The molecule has 0 spiro atoms. The molecule has 1 atom stereocenters. The summed E-state index contributed by atoms with van der Waals surface area (Å²) < 4.78 is 4.86. The Labute approximate surface area is 158 Å². The van der Waals surface area contributed by atoms with Crippen molar-refractivity contribution in [3.63, 3.8) is 0 Å². The maximum absolute atomic E-state index is 12.9. The van der Waals surface area contributed by atoms with Crippen LogP contribution in [0.25, 0.3) is 21.9 Å². The molecular formula is C23H21NO3. The number of fused-ring (bicyclic) bond motifs is 2. The van der Waals surface area contributed by atoms with Gasteiger partial charge < -0.3 is 9.64 Å². The van der Waals surface area contributed by atoms with Crippen molar-refractivity contribution in [2.45, 2.75) is 25.9 Å². The van der Waals surface area contributed by atoms with E-state index in [0.29, 0.717) is 18.5 Å². The van der Waals surface area contributed by atoms with Crippen molar-refractivity contribution < 1.29 is 14.3 Å². The largest absolute Gasteiger partial charge is 0.467 e. The zero-order valence-corrected chi connectivity index (χ0v) is 15.4. The molecule has 3 aromatic carbocycles. The number of rotatable bonds is 4. The maximum atomic E-state index is 12.9. The molecule has 136 valence electrons. The Hall–Kier alpha value is -3.14. The lowest BCUT2D eigenvalue weighted by Crippen LogP contribution is -2.41. The van der Waals surface area contributed by atoms with E-state index < -0.39 is 6.04 Å². The van der Waals surface area contributed by atoms with E-state index >= 15 is 0 Å². The van der Waals surface area contributed by atoms with Crippen LogP contribution in [-0.2, 0) is 16.1 Å². The molecule has 1 heterocycles. The van der Waals surface area contributed by atoms with Gasteiger partial charge in [-0.15, -0.1) is 0 Å². The van der Waals surface area contributed by atoms with Crippen LogP contribution < -0.4 is 0 Å². The number of esters is 1. The summed E-state index contributed by atoms with van der Waals surface area (Å²) in [6, 6.07) is 19.9. The van der Waals surface area contributed by atoms with Gasteiger partial charge in [-0.2, -0.15) is 0 Å². The highest BCUT2D eigenvalue weighted by molar-refractivity contribution is 6.01. The highest BCUT2D eigenvalue weighted by Gasteiger charge is 2.36. The zero-order chi connectivity index (χ0) is 19.0. The molecule has 0 N–H and O–H groups in total. The van der Waals surface area contributed by atoms with Crippen LogP contribution in [0, 0.1) is 0 Å². The van der Waals surface area contributed by atoms with Crippen molar-refractivity contribution in [2.75, 3.05) is 7.11 Å². The predicted molar refractivity (Wildman–Crippen MR) is 105 cm³/mol. The lowest BCUT2D eigenvalue weighted by atomic mass is 9.98. The molecule has 1 unspecified atom stereocenters. The predicted octanol–water partition coefficient (Wildman–Crippen LogP) is 4.41. The highest BCUT2D eigenvalue weighted by atomic mass is 16.5. The summed E-state index contributed by atoms with van der Waals surface area (Å²) in [7, 11) is 1.36. The fourth-order valence-corrected chi connectivity index (χ4v) is 3.77. The summed E-state index contributed by atoms with van der Waals surface area (Å²) in [4.78, 5) is 26.6. The van der Waals surface area contributed by atoms with Gasteiger partial charge in [0.05, 0.1) is 7.11 Å². The van der Waals surface area contributed by atoms with Gasteiger partial charge >= 0.3 is 5.97 Å². The third kappa shape index (κ3) is 2.97. The Bertz CT molecular complexity index is 1040. The molecule has 0 aliphatic carbocycles. The van der Waals surface area contributed by atoms with Crippen molar-refractivity contribution in [1.29, 1.82) is 0 Å². The standard InChI is InChI=1S/C23H21NO3/c1-3-21(23(26)27-2)24-14-19-11-10-18(13-20(19)22(24)25)17-9-8-15-6-4-5-7-16(15)12-17/h4-13,21H,3,14H2,1-2H3. The summed E-state index contributed by atoms with van der Waals surface area (Å²) in [5.74, 6) is -0.474. The van der Waals surface area contributed by atoms with Crippen molar-refractivity contribution in [3.8, 4) is 11.1 Å². The molecule has 1 aliphatic rings. The summed E-state index contributed by atoms with van der Waals surface area (Å²) in [5, 5.41) is 2.36. The van der Waals surface area contributed by atoms with Crippen molar-refractivity contribution in [1.82, 2.24) is 4.90 Å². The molecule has 0 bridgehead atoms. The van der Waals surface area contributed by atoms with Gasteiger partial charge in [-0.1, -0.05) is 55.5 Å². The van der Waals surface area contributed by atoms with Gasteiger partial charge in [-0.25, -0.2) is 4.79 Å². The molecule has 4 nitrogen and oxygen atoms in total. The smallest absolute Gasteiger partial charge is 0.328 e. The van der Waals surface area contributed by atoms with Crippen LogP contribution in [0.3, 0.4) is 0 Å². The molecule has 1 amide bonds. The number of carbonyl (C=O) groups is 2.